The summed E-state index contributed by atoms with van der Waals surface area (Å²) in [4.78, 5) is 17.1. The van der Waals surface area contributed by atoms with Gasteiger partial charge in [0, 0.05) is 12.3 Å². The van der Waals surface area contributed by atoms with Gasteiger partial charge in [-0.3, -0.25) is 14.4 Å². The molecular formula is C20H21N3O2. The van der Waals surface area contributed by atoms with Gasteiger partial charge in [-0.25, -0.2) is 0 Å². The van der Waals surface area contributed by atoms with E-state index in [1.165, 1.54) is 4.57 Å². The van der Waals surface area contributed by atoms with Gasteiger partial charge in [0.15, 0.2) is 0 Å². The minimum atomic E-state index is -0.405. The Balaban J connectivity index is 2.16. The molecule has 25 heavy (non-hydrogen) atoms. The molecule has 0 amide bonds. The molecule has 0 aliphatic heterocycles. The molecular weight excluding hydrogens is 314 g/mol. The fourth-order valence-electron chi connectivity index (χ4n) is 3.44. The van der Waals surface area contributed by atoms with Crippen molar-refractivity contribution in [1.29, 1.82) is 5.26 Å². The smallest absolute Gasteiger partial charge is 0.271 e. The van der Waals surface area contributed by atoms with Crippen LogP contribution < -0.4 is 5.56 Å². The molecule has 1 aliphatic carbocycles. The van der Waals surface area contributed by atoms with Crippen LogP contribution in [-0.4, -0.2) is 15.9 Å². The van der Waals surface area contributed by atoms with E-state index >= 15 is 0 Å². The number of para-hydroxylation sites is 1. The molecule has 3 rings (SSSR count). The number of aromatic nitrogens is 1. The monoisotopic (exact) mass is 335 g/mol. The van der Waals surface area contributed by atoms with Crippen molar-refractivity contribution in [3.05, 3.63) is 56.9 Å². The molecule has 1 N–H and O–H groups in total. The summed E-state index contributed by atoms with van der Waals surface area (Å²) in [6, 6.07) is 9.62. The van der Waals surface area contributed by atoms with Crippen LogP contribution in [0.4, 0.5) is 5.69 Å². The van der Waals surface area contributed by atoms with Gasteiger partial charge in [-0.05, 0) is 43.9 Å². The van der Waals surface area contributed by atoms with Crippen molar-refractivity contribution in [2.24, 2.45) is 4.99 Å². The average molecular weight is 335 g/mol. The van der Waals surface area contributed by atoms with Crippen molar-refractivity contribution in [3.8, 4) is 11.9 Å². The fourth-order valence-corrected chi connectivity index (χ4v) is 3.44. The third-order valence-electron chi connectivity index (χ3n) is 4.93. The van der Waals surface area contributed by atoms with Crippen LogP contribution in [0.1, 0.15) is 54.0 Å². The molecule has 1 heterocycles. The van der Waals surface area contributed by atoms with E-state index in [4.69, 9.17) is 0 Å². The highest BCUT2D eigenvalue weighted by atomic mass is 16.3. The molecule has 1 fully saturated rings. The van der Waals surface area contributed by atoms with Gasteiger partial charge < -0.3 is 5.11 Å². The Kier molecular flexibility index (Phi) is 4.71. The first-order valence-corrected chi connectivity index (χ1v) is 8.52. The van der Waals surface area contributed by atoms with Gasteiger partial charge in [-0.2, -0.15) is 5.26 Å². The van der Waals surface area contributed by atoms with Crippen LogP contribution in [0.2, 0.25) is 0 Å². The van der Waals surface area contributed by atoms with Crippen LogP contribution in [0.3, 0.4) is 0 Å². The summed E-state index contributed by atoms with van der Waals surface area (Å²) in [5.41, 5.74) is 2.38. The van der Waals surface area contributed by atoms with Crippen molar-refractivity contribution in [3.63, 3.8) is 0 Å². The molecule has 1 aromatic carbocycles. The van der Waals surface area contributed by atoms with Gasteiger partial charge in [0.25, 0.3) is 5.56 Å². The zero-order valence-electron chi connectivity index (χ0n) is 14.5. The molecule has 1 aliphatic rings. The van der Waals surface area contributed by atoms with E-state index in [-0.39, 0.29) is 17.5 Å². The number of benzene rings is 1. The first-order chi connectivity index (χ1) is 12.0. The number of aromatic hydroxyl groups is 1. The average Bonchev–Trinajstić information content (AvgIpc) is 3.11. The van der Waals surface area contributed by atoms with Gasteiger partial charge in [-0.15, -0.1) is 0 Å². The number of rotatable bonds is 3. The molecule has 0 bridgehead atoms. The minimum Gasteiger partial charge on any atom is -0.494 e. The van der Waals surface area contributed by atoms with Crippen LogP contribution >= 0.6 is 0 Å². The zero-order chi connectivity index (χ0) is 18.0. The predicted octanol–water partition coefficient (Wildman–Crippen LogP) is 3.91. The summed E-state index contributed by atoms with van der Waals surface area (Å²) in [7, 11) is 0. The van der Waals surface area contributed by atoms with Crippen LogP contribution in [0.15, 0.2) is 34.1 Å². The van der Waals surface area contributed by atoms with Gasteiger partial charge in [-0.1, -0.05) is 31.0 Å². The predicted molar refractivity (Wildman–Crippen MR) is 97.8 cm³/mol. The molecule has 0 spiro atoms. The van der Waals surface area contributed by atoms with Crippen molar-refractivity contribution in [2.45, 2.75) is 45.6 Å². The first kappa shape index (κ1) is 17.0. The Morgan fingerprint density at radius 1 is 1.28 bits per heavy atom. The van der Waals surface area contributed by atoms with E-state index in [0.29, 0.717) is 11.1 Å². The number of pyridine rings is 1. The second kappa shape index (κ2) is 6.94. The number of hydrogen-bond acceptors (Lipinski definition) is 4. The molecule has 0 radical (unpaired) electrons. The highest BCUT2D eigenvalue weighted by molar-refractivity contribution is 5.87. The van der Waals surface area contributed by atoms with E-state index < -0.39 is 5.56 Å². The lowest BCUT2D eigenvalue weighted by molar-refractivity contribution is 0.368. The number of aliphatic imine (C=N–C) groups is 1. The Morgan fingerprint density at radius 2 is 1.96 bits per heavy atom. The van der Waals surface area contributed by atoms with E-state index in [2.05, 4.69) is 4.99 Å². The lowest BCUT2D eigenvalue weighted by atomic mass is 10.0. The van der Waals surface area contributed by atoms with Crippen LogP contribution in [0, 0.1) is 25.2 Å². The number of aryl methyl sites for hydroxylation is 1. The molecule has 1 aromatic heterocycles. The Labute approximate surface area is 146 Å². The maximum Gasteiger partial charge on any atom is 0.271 e. The number of nitriles is 1. The van der Waals surface area contributed by atoms with Gasteiger partial charge in [0.2, 0.25) is 5.88 Å². The quantitative estimate of drug-likeness (QED) is 0.864. The highest BCUT2D eigenvalue weighted by Gasteiger charge is 2.25. The van der Waals surface area contributed by atoms with Gasteiger partial charge >= 0.3 is 0 Å². The standard InChI is InChI=1S/C20H21N3O2/c1-13-7-3-6-10-18(13)22-12-17-14(2)16(11-21)19(24)23(20(17)25)15-8-4-5-9-15/h3,6-7,10,12,15,25H,4-5,8-9H2,1-2H3. The number of hydrogen-bond donors (Lipinski definition) is 1. The van der Waals surface area contributed by atoms with E-state index in [1.807, 2.05) is 37.3 Å². The Morgan fingerprint density at radius 3 is 2.60 bits per heavy atom. The third kappa shape index (κ3) is 3.08. The molecule has 2 aromatic rings. The van der Waals surface area contributed by atoms with E-state index in [0.717, 1.165) is 36.9 Å². The SMILES string of the molecule is Cc1ccccc1N=Cc1c(C)c(C#N)c(=O)n(C2CCCC2)c1O. The lowest BCUT2D eigenvalue weighted by Crippen LogP contribution is -2.28. The minimum absolute atomic E-state index is 0.0502. The van der Waals surface area contributed by atoms with Gasteiger partial charge in [0.1, 0.15) is 11.6 Å². The molecule has 5 nitrogen and oxygen atoms in total. The fraction of sp³-hybridized carbons (Fsp3) is 0.350. The molecule has 128 valence electrons. The first-order valence-electron chi connectivity index (χ1n) is 8.52. The Hall–Kier alpha value is -2.87. The normalized spacial score (nSPS) is 14.9. The van der Waals surface area contributed by atoms with Crippen molar-refractivity contribution < 1.29 is 5.11 Å². The molecule has 0 atom stereocenters. The van der Waals surface area contributed by atoms with Crippen molar-refractivity contribution >= 4 is 11.9 Å². The van der Waals surface area contributed by atoms with Crippen molar-refractivity contribution in [2.75, 3.05) is 0 Å². The van der Waals surface area contributed by atoms with Gasteiger partial charge in [0.05, 0.1) is 11.3 Å². The summed E-state index contributed by atoms with van der Waals surface area (Å²) in [6.07, 6.45) is 5.29. The number of nitrogens with zero attached hydrogens (tertiary/aromatic N) is 3. The van der Waals surface area contributed by atoms with Crippen molar-refractivity contribution in [1.82, 2.24) is 4.57 Å². The van der Waals surface area contributed by atoms with Crippen LogP contribution in [0.25, 0.3) is 0 Å². The summed E-state index contributed by atoms with van der Waals surface area (Å²) < 4.78 is 1.39. The van der Waals surface area contributed by atoms with E-state index in [9.17, 15) is 15.2 Å². The maximum absolute atomic E-state index is 12.6. The Bertz CT molecular complexity index is 929. The van der Waals surface area contributed by atoms with E-state index in [1.54, 1.807) is 13.1 Å². The summed E-state index contributed by atoms with van der Waals surface area (Å²) in [5.74, 6) is -0.0919. The molecule has 0 saturated heterocycles. The molecule has 1 saturated carbocycles. The maximum atomic E-state index is 12.6. The highest BCUT2D eigenvalue weighted by Crippen LogP contribution is 2.33. The summed E-state index contributed by atoms with van der Waals surface area (Å²) in [5, 5.41) is 20.2. The molecule has 0 unspecified atom stereocenters. The van der Waals surface area contributed by atoms with Crippen LogP contribution in [-0.2, 0) is 0 Å². The third-order valence-corrected chi connectivity index (χ3v) is 4.93. The topological polar surface area (TPSA) is 78.4 Å². The second-order valence-corrected chi connectivity index (χ2v) is 6.51. The summed E-state index contributed by atoms with van der Waals surface area (Å²) in [6.45, 7) is 3.64. The molecule has 5 heteroatoms. The zero-order valence-corrected chi connectivity index (χ0v) is 14.5. The summed E-state index contributed by atoms with van der Waals surface area (Å²) >= 11 is 0. The largest absolute Gasteiger partial charge is 0.494 e. The lowest BCUT2D eigenvalue weighted by Gasteiger charge is -2.19. The van der Waals surface area contributed by atoms with Crippen LogP contribution in [0.5, 0.6) is 5.88 Å². The second-order valence-electron chi connectivity index (χ2n) is 6.51.